The Morgan fingerprint density at radius 1 is 1.41 bits per heavy atom. The van der Waals surface area contributed by atoms with E-state index in [1.807, 2.05) is 4.90 Å². The zero-order valence-electron chi connectivity index (χ0n) is 12.5. The Bertz CT molecular complexity index is 697. The van der Waals surface area contributed by atoms with Crippen molar-refractivity contribution in [3.63, 3.8) is 0 Å². The summed E-state index contributed by atoms with van der Waals surface area (Å²) in [7, 11) is 1.60. The van der Waals surface area contributed by atoms with Crippen LogP contribution in [0.25, 0.3) is 0 Å². The van der Waals surface area contributed by atoms with E-state index in [9.17, 15) is 4.79 Å². The molecule has 1 fully saturated rings. The SMILES string of the molecule is CNC(=O)c1ccnc(N2Cc3cn(CC4CC4)nc3C2)n1. The van der Waals surface area contributed by atoms with Gasteiger partial charge < -0.3 is 10.2 Å². The van der Waals surface area contributed by atoms with Crippen molar-refractivity contribution in [2.75, 3.05) is 11.9 Å². The highest BCUT2D eigenvalue weighted by atomic mass is 16.1. The first-order valence-electron chi connectivity index (χ1n) is 7.58. The second-order valence-electron chi connectivity index (χ2n) is 5.94. The number of hydrogen-bond donors (Lipinski definition) is 1. The normalized spacial score (nSPS) is 16.7. The monoisotopic (exact) mass is 298 g/mol. The summed E-state index contributed by atoms with van der Waals surface area (Å²) in [6, 6.07) is 1.62. The lowest BCUT2D eigenvalue weighted by Crippen LogP contribution is -2.23. The number of aromatic nitrogens is 4. The lowest BCUT2D eigenvalue weighted by atomic mass is 10.3. The molecular weight excluding hydrogens is 280 g/mol. The Morgan fingerprint density at radius 2 is 2.27 bits per heavy atom. The minimum atomic E-state index is -0.199. The standard InChI is InChI=1S/C15H18N6O/c1-16-14(22)12-4-5-17-15(18-12)20-7-11-8-21(6-10-2-3-10)19-13(11)9-20/h4-5,8,10H,2-3,6-7,9H2,1H3,(H,16,22). The molecule has 0 unspecified atom stereocenters. The van der Waals surface area contributed by atoms with E-state index in [0.29, 0.717) is 18.2 Å². The zero-order valence-corrected chi connectivity index (χ0v) is 12.5. The molecule has 0 saturated heterocycles. The van der Waals surface area contributed by atoms with Crippen molar-refractivity contribution in [2.45, 2.75) is 32.5 Å². The molecule has 1 saturated carbocycles. The summed E-state index contributed by atoms with van der Waals surface area (Å²) in [5.41, 5.74) is 2.71. The number of hydrogen-bond acceptors (Lipinski definition) is 5. The van der Waals surface area contributed by atoms with Crippen LogP contribution in [0.15, 0.2) is 18.5 Å². The van der Waals surface area contributed by atoms with Gasteiger partial charge >= 0.3 is 0 Å². The first-order valence-corrected chi connectivity index (χ1v) is 7.58. The van der Waals surface area contributed by atoms with Crippen molar-refractivity contribution >= 4 is 11.9 Å². The van der Waals surface area contributed by atoms with Crippen molar-refractivity contribution in [2.24, 2.45) is 5.92 Å². The van der Waals surface area contributed by atoms with Gasteiger partial charge in [0, 0.05) is 38.1 Å². The van der Waals surface area contributed by atoms with Crippen LogP contribution < -0.4 is 10.2 Å². The molecule has 0 aromatic carbocycles. The van der Waals surface area contributed by atoms with Crippen LogP contribution in [0.2, 0.25) is 0 Å². The molecule has 4 rings (SSSR count). The molecule has 2 aromatic heterocycles. The molecule has 0 spiro atoms. The fraction of sp³-hybridized carbons (Fsp3) is 0.467. The van der Waals surface area contributed by atoms with Gasteiger partial charge in [-0.3, -0.25) is 9.48 Å². The fourth-order valence-corrected chi connectivity index (χ4v) is 2.77. The summed E-state index contributed by atoms with van der Waals surface area (Å²) < 4.78 is 2.07. The van der Waals surface area contributed by atoms with Crippen LogP contribution in [0.3, 0.4) is 0 Å². The van der Waals surface area contributed by atoms with Gasteiger partial charge in [0.2, 0.25) is 5.95 Å². The number of rotatable bonds is 4. The minimum absolute atomic E-state index is 0.199. The molecule has 0 radical (unpaired) electrons. The van der Waals surface area contributed by atoms with E-state index in [1.54, 1.807) is 19.3 Å². The van der Waals surface area contributed by atoms with Crippen LogP contribution in [0.5, 0.6) is 0 Å². The molecule has 22 heavy (non-hydrogen) atoms. The first-order chi connectivity index (χ1) is 10.7. The second kappa shape index (κ2) is 5.08. The number of anilines is 1. The van der Waals surface area contributed by atoms with E-state index in [0.717, 1.165) is 24.7 Å². The quantitative estimate of drug-likeness (QED) is 0.910. The van der Waals surface area contributed by atoms with Gasteiger partial charge in [0.25, 0.3) is 5.91 Å². The minimum Gasteiger partial charge on any atom is -0.354 e. The van der Waals surface area contributed by atoms with Gasteiger partial charge in [0.1, 0.15) is 5.69 Å². The zero-order chi connectivity index (χ0) is 15.1. The number of amides is 1. The maximum absolute atomic E-state index is 11.7. The third kappa shape index (κ3) is 2.43. The van der Waals surface area contributed by atoms with Crippen LogP contribution in [0, 0.1) is 5.92 Å². The number of nitrogens with one attached hydrogen (secondary N) is 1. The first kappa shape index (κ1) is 13.2. The molecule has 7 heteroatoms. The summed E-state index contributed by atoms with van der Waals surface area (Å²) in [5.74, 6) is 1.20. The van der Waals surface area contributed by atoms with Gasteiger partial charge in [-0.25, -0.2) is 9.97 Å². The maximum Gasteiger partial charge on any atom is 0.269 e. The van der Waals surface area contributed by atoms with Crippen molar-refractivity contribution in [3.05, 3.63) is 35.4 Å². The molecular formula is C15H18N6O. The van der Waals surface area contributed by atoms with E-state index < -0.39 is 0 Å². The lowest BCUT2D eigenvalue weighted by molar-refractivity contribution is 0.0958. The number of carbonyl (C=O) groups excluding carboxylic acids is 1. The summed E-state index contributed by atoms with van der Waals surface area (Å²) in [4.78, 5) is 22.3. The summed E-state index contributed by atoms with van der Waals surface area (Å²) >= 11 is 0. The molecule has 0 bridgehead atoms. The van der Waals surface area contributed by atoms with Crippen molar-refractivity contribution < 1.29 is 4.79 Å². The molecule has 114 valence electrons. The third-order valence-electron chi connectivity index (χ3n) is 4.15. The smallest absolute Gasteiger partial charge is 0.269 e. The van der Waals surface area contributed by atoms with Crippen molar-refractivity contribution in [3.8, 4) is 0 Å². The van der Waals surface area contributed by atoms with Crippen LogP contribution >= 0.6 is 0 Å². The highest BCUT2D eigenvalue weighted by Gasteiger charge is 2.27. The molecule has 2 aromatic rings. The Morgan fingerprint density at radius 3 is 3.00 bits per heavy atom. The molecule has 0 atom stereocenters. The van der Waals surface area contributed by atoms with E-state index in [1.165, 1.54) is 18.4 Å². The average Bonchev–Trinajstić information content (AvgIpc) is 3.13. The van der Waals surface area contributed by atoms with Crippen LogP contribution in [0.1, 0.15) is 34.6 Å². The third-order valence-corrected chi connectivity index (χ3v) is 4.15. The Balaban J connectivity index is 1.50. The highest BCUT2D eigenvalue weighted by molar-refractivity contribution is 5.92. The fourth-order valence-electron chi connectivity index (χ4n) is 2.77. The van der Waals surface area contributed by atoms with Gasteiger partial charge in [-0.2, -0.15) is 5.10 Å². The molecule has 1 amide bonds. The van der Waals surface area contributed by atoms with Gasteiger partial charge in [-0.05, 0) is 24.8 Å². The van der Waals surface area contributed by atoms with E-state index in [2.05, 4.69) is 31.3 Å². The molecule has 2 aliphatic rings. The van der Waals surface area contributed by atoms with Crippen LogP contribution in [-0.2, 0) is 19.6 Å². The molecule has 1 N–H and O–H groups in total. The number of fused-ring (bicyclic) bond motifs is 1. The molecule has 1 aliphatic heterocycles. The van der Waals surface area contributed by atoms with Crippen LogP contribution in [0.4, 0.5) is 5.95 Å². The largest absolute Gasteiger partial charge is 0.354 e. The predicted molar refractivity (Wildman–Crippen MR) is 80.3 cm³/mol. The highest BCUT2D eigenvalue weighted by Crippen LogP contribution is 2.31. The Hall–Kier alpha value is -2.44. The van der Waals surface area contributed by atoms with Crippen LogP contribution in [-0.4, -0.2) is 32.7 Å². The van der Waals surface area contributed by atoms with Gasteiger partial charge in [-0.1, -0.05) is 0 Å². The van der Waals surface area contributed by atoms with Crippen molar-refractivity contribution in [1.82, 2.24) is 25.1 Å². The second-order valence-corrected chi connectivity index (χ2v) is 5.94. The lowest BCUT2D eigenvalue weighted by Gasteiger charge is -2.15. The van der Waals surface area contributed by atoms with E-state index >= 15 is 0 Å². The van der Waals surface area contributed by atoms with Crippen molar-refractivity contribution in [1.29, 1.82) is 0 Å². The number of carbonyl (C=O) groups is 1. The summed E-state index contributed by atoms with van der Waals surface area (Å²) in [6.07, 6.45) is 6.42. The van der Waals surface area contributed by atoms with Gasteiger partial charge in [0.05, 0.1) is 12.2 Å². The Kier molecular flexibility index (Phi) is 3.06. The van der Waals surface area contributed by atoms with Gasteiger partial charge in [0.15, 0.2) is 0 Å². The van der Waals surface area contributed by atoms with E-state index in [4.69, 9.17) is 0 Å². The van der Waals surface area contributed by atoms with E-state index in [-0.39, 0.29) is 5.91 Å². The number of nitrogens with zero attached hydrogens (tertiary/aromatic N) is 5. The predicted octanol–water partition coefficient (Wildman–Crippen LogP) is 0.963. The van der Waals surface area contributed by atoms with Gasteiger partial charge in [-0.15, -0.1) is 0 Å². The average molecular weight is 298 g/mol. The summed E-state index contributed by atoms with van der Waals surface area (Å²) in [5, 5.41) is 7.24. The summed E-state index contributed by atoms with van der Waals surface area (Å²) in [6.45, 7) is 2.48. The molecule has 7 nitrogen and oxygen atoms in total. The maximum atomic E-state index is 11.7. The Labute approximate surface area is 128 Å². The topological polar surface area (TPSA) is 75.9 Å². The molecule has 1 aliphatic carbocycles. The molecule has 3 heterocycles.